The highest BCUT2D eigenvalue weighted by Gasteiger charge is 2.56. The van der Waals surface area contributed by atoms with Crippen LogP contribution < -0.4 is 5.73 Å². The van der Waals surface area contributed by atoms with Crippen LogP contribution in [0.1, 0.15) is 38.5 Å². The van der Waals surface area contributed by atoms with Gasteiger partial charge in [-0.15, -0.1) is 0 Å². The Morgan fingerprint density at radius 2 is 1.64 bits per heavy atom. The molecule has 2 saturated carbocycles. The summed E-state index contributed by atoms with van der Waals surface area (Å²) in [4.78, 5) is 0. The minimum atomic E-state index is -4.04. The van der Waals surface area contributed by atoms with Crippen LogP contribution in [0.5, 0.6) is 0 Å². The van der Waals surface area contributed by atoms with Gasteiger partial charge in [0.25, 0.3) is 0 Å². The molecule has 0 aromatic heterocycles. The highest BCUT2D eigenvalue weighted by Crippen LogP contribution is 2.52. The van der Waals surface area contributed by atoms with Gasteiger partial charge in [0.2, 0.25) is 0 Å². The van der Waals surface area contributed by atoms with Crippen molar-refractivity contribution in [2.45, 2.75) is 50.2 Å². The lowest BCUT2D eigenvalue weighted by Gasteiger charge is -2.36. The molecule has 0 radical (unpaired) electrons. The van der Waals surface area contributed by atoms with Crippen LogP contribution in [0, 0.1) is 11.8 Å². The maximum atomic E-state index is 12.7. The Morgan fingerprint density at radius 3 is 2.14 bits per heavy atom. The molecule has 0 bridgehead atoms. The molecule has 2 fully saturated rings. The average Bonchev–Trinajstić information content (AvgIpc) is 2.84. The van der Waals surface area contributed by atoms with Crippen molar-refractivity contribution in [2.24, 2.45) is 17.6 Å². The van der Waals surface area contributed by atoms with Gasteiger partial charge >= 0.3 is 6.18 Å². The molecule has 1 nitrogen and oxygen atoms in total. The Bertz CT molecular complexity index is 207. The summed E-state index contributed by atoms with van der Waals surface area (Å²) in [5.74, 6) is -1.44. The van der Waals surface area contributed by atoms with Crippen LogP contribution in [0.4, 0.5) is 13.2 Å². The van der Waals surface area contributed by atoms with E-state index in [1.54, 1.807) is 0 Å². The Labute approximate surface area is 81.8 Å². The van der Waals surface area contributed by atoms with E-state index in [0.29, 0.717) is 12.8 Å². The maximum absolute atomic E-state index is 12.7. The molecular weight excluding hydrogens is 191 g/mol. The summed E-state index contributed by atoms with van der Waals surface area (Å²) in [6.45, 7) is 0. The van der Waals surface area contributed by atoms with Crippen molar-refractivity contribution in [3.8, 4) is 0 Å². The van der Waals surface area contributed by atoms with E-state index in [1.165, 1.54) is 0 Å². The second-order valence-corrected chi connectivity index (χ2v) is 4.77. The van der Waals surface area contributed by atoms with E-state index >= 15 is 0 Å². The van der Waals surface area contributed by atoms with E-state index in [9.17, 15) is 13.2 Å². The molecular formula is C10H16F3N. The van der Waals surface area contributed by atoms with Gasteiger partial charge in [0.05, 0.1) is 5.92 Å². The van der Waals surface area contributed by atoms with Gasteiger partial charge in [-0.1, -0.05) is 12.8 Å². The fourth-order valence-electron chi connectivity index (χ4n) is 2.73. The smallest absolute Gasteiger partial charge is 0.325 e. The number of rotatable bonds is 1. The lowest BCUT2D eigenvalue weighted by Crippen LogP contribution is -2.44. The van der Waals surface area contributed by atoms with Crippen molar-refractivity contribution < 1.29 is 13.2 Å². The van der Waals surface area contributed by atoms with Crippen LogP contribution in [0.15, 0.2) is 0 Å². The number of nitrogens with two attached hydrogens (primary N) is 1. The first kappa shape index (κ1) is 10.3. The fourth-order valence-corrected chi connectivity index (χ4v) is 2.73. The molecule has 0 aromatic rings. The molecule has 2 rings (SSSR count). The van der Waals surface area contributed by atoms with Crippen LogP contribution in [-0.4, -0.2) is 11.7 Å². The van der Waals surface area contributed by atoms with Gasteiger partial charge in [0.1, 0.15) is 0 Å². The first-order chi connectivity index (χ1) is 6.43. The summed E-state index contributed by atoms with van der Waals surface area (Å²) in [6, 6.07) is 0. The van der Waals surface area contributed by atoms with Crippen molar-refractivity contribution in [1.82, 2.24) is 0 Å². The predicted octanol–water partition coefficient (Wildman–Crippen LogP) is 2.85. The third-order valence-corrected chi connectivity index (χ3v) is 3.75. The molecule has 4 heteroatoms. The molecule has 0 spiro atoms. The molecule has 2 N–H and O–H groups in total. The Kier molecular flexibility index (Phi) is 2.29. The average molecular weight is 207 g/mol. The normalized spacial score (nSPS) is 36.9. The van der Waals surface area contributed by atoms with Gasteiger partial charge in [-0.2, -0.15) is 13.2 Å². The van der Waals surface area contributed by atoms with E-state index in [0.717, 1.165) is 19.3 Å². The van der Waals surface area contributed by atoms with Crippen molar-refractivity contribution in [3.63, 3.8) is 0 Å². The standard InChI is InChI=1S/C10H16F3N/c11-10(12,13)8-4-2-1-3-7(8)9(14)5-6-9/h7-8H,1-6,14H2. The quantitative estimate of drug-likeness (QED) is 0.703. The second kappa shape index (κ2) is 3.12. The molecule has 2 atom stereocenters. The molecule has 0 saturated heterocycles. The highest BCUT2D eigenvalue weighted by atomic mass is 19.4. The zero-order valence-corrected chi connectivity index (χ0v) is 8.11. The summed E-state index contributed by atoms with van der Waals surface area (Å²) in [5.41, 5.74) is 5.44. The molecule has 82 valence electrons. The van der Waals surface area contributed by atoms with Crippen molar-refractivity contribution in [2.75, 3.05) is 0 Å². The van der Waals surface area contributed by atoms with Crippen molar-refractivity contribution in [1.29, 1.82) is 0 Å². The van der Waals surface area contributed by atoms with E-state index in [2.05, 4.69) is 0 Å². The van der Waals surface area contributed by atoms with Gasteiger partial charge < -0.3 is 5.73 Å². The molecule has 2 aliphatic carbocycles. The van der Waals surface area contributed by atoms with Crippen LogP contribution in [0.2, 0.25) is 0 Å². The lowest BCUT2D eigenvalue weighted by molar-refractivity contribution is -0.199. The van der Waals surface area contributed by atoms with Crippen molar-refractivity contribution >= 4 is 0 Å². The van der Waals surface area contributed by atoms with Crippen LogP contribution in [-0.2, 0) is 0 Å². The summed E-state index contributed by atoms with van der Waals surface area (Å²) in [7, 11) is 0. The zero-order valence-electron chi connectivity index (χ0n) is 8.11. The van der Waals surface area contributed by atoms with Crippen LogP contribution >= 0.6 is 0 Å². The second-order valence-electron chi connectivity index (χ2n) is 4.77. The fraction of sp³-hybridized carbons (Fsp3) is 1.00. The zero-order chi connectivity index (χ0) is 10.4. The summed E-state index contributed by atoms with van der Waals surface area (Å²) in [6.07, 6.45) is 0.0925. The van der Waals surface area contributed by atoms with Gasteiger partial charge in [-0.3, -0.25) is 0 Å². The minimum absolute atomic E-state index is 0.285. The number of halogens is 3. The summed E-state index contributed by atoms with van der Waals surface area (Å²) in [5, 5.41) is 0. The molecule has 2 aliphatic rings. The SMILES string of the molecule is NC1(C2CCCCC2C(F)(F)F)CC1. The van der Waals surface area contributed by atoms with Crippen LogP contribution in [0.3, 0.4) is 0 Å². The minimum Gasteiger partial charge on any atom is -0.325 e. The van der Waals surface area contributed by atoms with Gasteiger partial charge in [-0.05, 0) is 31.6 Å². The Balaban J connectivity index is 2.11. The van der Waals surface area contributed by atoms with Gasteiger partial charge in [0.15, 0.2) is 0 Å². The number of hydrogen-bond donors (Lipinski definition) is 1. The van der Waals surface area contributed by atoms with E-state index < -0.39 is 17.6 Å². The monoisotopic (exact) mass is 207 g/mol. The largest absolute Gasteiger partial charge is 0.392 e. The van der Waals surface area contributed by atoms with Gasteiger partial charge in [-0.25, -0.2) is 0 Å². The number of hydrogen-bond acceptors (Lipinski definition) is 1. The molecule has 0 aromatic carbocycles. The topological polar surface area (TPSA) is 26.0 Å². The molecule has 2 unspecified atom stereocenters. The Morgan fingerprint density at radius 1 is 1.07 bits per heavy atom. The third kappa shape index (κ3) is 1.76. The third-order valence-electron chi connectivity index (χ3n) is 3.75. The summed E-state index contributed by atoms with van der Waals surface area (Å²) < 4.78 is 38.1. The van der Waals surface area contributed by atoms with Gasteiger partial charge in [0, 0.05) is 5.54 Å². The molecule has 0 aliphatic heterocycles. The first-order valence-electron chi connectivity index (χ1n) is 5.29. The van der Waals surface area contributed by atoms with Crippen molar-refractivity contribution in [3.05, 3.63) is 0 Å². The number of alkyl halides is 3. The predicted molar refractivity (Wildman–Crippen MR) is 47.7 cm³/mol. The molecule has 0 amide bonds. The lowest BCUT2D eigenvalue weighted by atomic mass is 9.73. The molecule has 0 heterocycles. The molecule has 14 heavy (non-hydrogen) atoms. The summed E-state index contributed by atoms with van der Waals surface area (Å²) >= 11 is 0. The Hall–Kier alpha value is -0.250. The van der Waals surface area contributed by atoms with Crippen LogP contribution in [0.25, 0.3) is 0 Å². The first-order valence-corrected chi connectivity index (χ1v) is 5.29. The van der Waals surface area contributed by atoms with E-state index in [-0.39, 0.29) is 12.3 Å². The van der Waals surface area contributed by atoms with E-state index in [4.69, 9.17) is 5.73 Å². The highest BCUT2D eigenvalue weighted by molar-refractivity contribution is 5.07. The van der Waals surface area contributed by atoms with E-state index in [1.807, 2.05) is 0 Å². The maximum Gasteiger partial charge on any atom is 0.392 e.